The molecule has 6 nitrogen and oxygen atoms in total. The number of rotatable bonds is 5. The molecule has 7 heteroatoms. The number of nitrogen functional groups attached to an aromatic ring is 1. The molecule has 0 fully saturated rings. The van der Waals surface area contributed by atoms with E-state index in [1.807, 2.05) is 25.1 Å². The number of halogens is 1. The van der Waals surface area contributed by atoms with Crippen LogP contribution in [0.5, 0.6) is 5.75 Å². The SMILES string of the molecule is CCn1cc(N)c(=O)n(CCOc2cccc(Br)c2)c1=O. The first-order chi connectivity index (χ1) is 10.0. The van der Waals surface area contributed by atoms with Crippen LogP contribution in [0.4, 0.5) is 5.69 Å². The second-order valence-electron chi connectivity index (χ2n) is 4.42. The summed E-state index contributed by atoms with van der Waals surface area (Å²) in [6, 6.07) is 7.34. The third-order valence-corrected chi connectivity index (χ3v) is 3.48. The average molecular weight is 354 g/mol. The van der Waals surface area contributed by atoms with Gasteiger partial charge in [0.1, 0.15) is 18.0 Å². The van der Waals surface area contributed by atoms with Crippen molar-refractivity contribution in [1.82, 2.24) is 9.13 Å². The number of aryl methyl sites for hydroxylation is 1. The lowest BCUT2D eigenvalue weighted by molar-refractivity contribution is 0.292. The quantitative estimate of drug-likeness (QED) is 0.882. The molecule has 0 bridgehead atoms. The molecule has 0 amide bonds. The molecule has 2 aromatic rings. The van der Waals surface area contributed by atoms with E-state index in [-0.39, 0.29) is 24.5 Å². The van der Waals surface area contributed by atoms with Gasteiger partial charge in [-0.1, -0.05) is 22.0 Å². The van der Waals surface area contributed by atoms with Crippen molar-refractivity contribution in [3.63, 3.8) is 0 Å². The number of hydrogen-bond acceptors (Lipinski definition) is 4. The van der Waals surface area contributed by atoms with Gasteiger partial charge in [-0.2, -0.15) is 0 Å². The smallest absolute Gasteiger partial charge is 0.331 e. The molecule has 0 atom stereocenters. The van der Waals surface area contributed by atoms with Gasteiger partial charge >= 0.3 is 5.69 Å². The Morgan fingerprint density at radius 2 is 2.10 bits per heavy atom. The van der Waals surface area contributed by atoms with Crippen LogP contribution in [0.15, 0.2) is 44.5 Å². The van der Waals surface area contributed by atoms with Gasteiger partial charge in [0, 0.05) is 17.2 Å². The van der Waals surface area contributed by atoms with Gasteiger partial charge in [-0.25, -0.2) is 4.79 Å². The number of hydrogen-bond donors (Lipinski definition) is 1. The fourth-order valence-corrected chi connectivity index (χ4v) is 2.29. The lowest BCUT2D eigenvalue weighted by atomic mass is 10.3. The van der Waals surface area contributed by atoms with Gasteiger partial charge in [0.2, 0.25) is 0 Å². The van der Waals surface area contributed by atoms with Gasteiger partial charge in [-0.3, -0.25) is 13.9 Å². The zero-order valence-corrected chi connectivity index (χ0v) is 13.2. The number of nitrogens with zero attached hydrogens (tertiary/aromatic N) is 2. The van der Waals surface area contributed by atoms with E-state index in [1.165, 1.54) is 10.8 Å². The number of anilines is 1. The van der Waals surface area contributed by atoms with Crippen LogP contribution in [0.25, 0.3) is 0 Å². The standard InChI is InChI=1S/C14H16BrN3O3/c1-2-17-9-12(16)13(19)18(14(17)20)6-7-21-11-5-3-4-10(15)8-11/h3-5,8-9H,2,6-7,16H2,1H3. The van der Waals surface area contributed by atoms with Crippen molar-refractivity contribution in [2.24, 2.45) is 0 Å². The van der Waals surface area contributed by atoms with Crippen molar-refractivity contribution in [2.75, 3.05) is 12.3 Å². The third-order valence-electron chi connectivity index (χ3n) is 2.98. The summed E-state index contributed by atoms with van der Waals surface area (Å²) in [6.45, 7) is 2.62. The Morgan fingerprint density at radius 3 is 2.76 bits per heavy atom. The summed E-state index contributed by atoms with van der Waals surface area (Å²) in [7, 11) is 0. The molecule has 0 radical (unpaired) electrons. The first kappa shape index (κ1) is 15.4. The highest BCUT2D eigenvalue weighted by Gasteiger charge is 2.08. The predicted octanol–water partition coefficient (Wildman–Crippen LogP) is 1.45. The van der Waals surface area contributed by atoms with Crippen molar-refractivity contribution in [1.29, 1.82) is 0 Å². The highest BCUT2D eigenvalue weighted by molar-refractivity contribution is 9.10. The van der Waals surface area contributed by atoms with Crippen LogP contribution in [0, 0.1) is 0 Å². The Labute approximate surface area is 129 Å². The van der Waals surface area contributed by atoms with Crippen LogP contribution in [0.3, 0.4) is 0 Å². The molecular weight excluding hydrogens is 338 g/mol. The maximum atomic E-state index is 12.1. The lowest BCUT2D eigenvalue weighted by Crippen LogP contribution is -2.41. The highest BCUT2D eigenvalue weighted by atomic mass is 79.9. The Balaban J connectivity index is 2.15. The van der Waals surface area contributed by atoms with Crippen molar-refractivity contribution in [3.05, 3.63) is 55.8 Å². The summed E-state index contributed by atoms with van der Waals surface area (Å²) in [6.07, 6.45) is 1.37. The monoisotopic (exact) mass is 353 g/mol. The Morgan fingerprint density at radius 1 is 1.33 bits per heavy atom. The van der Waals surface area contributed by atoms with E-state index >= 15 is 0 Å². The van der Waals surface area contributed by atoms with E-state index in [1.54, 1.807) is 6.07 Å². The molecule has 0 aliphatic heterocycles. The van der Waals surface area contributed by atoms with E-state index in [0.29, 0.717) is 12.3 Å². The maximum absolute atomic E-state index is 12.1. The summed E-state index contributed by atoms with van der Waals surface area (Å²) in [4.78, 5) is 24.0. The van der Waals surface area contributed by atoms with Gasteiger partial charge in [0.05, 0.1) is 6.54 Å². The van der Waals surface area contributed by atoms with E-state index in [9.17, 15) is 9.59 Å². The minimum Gasteiger partial charge on any atom is -0.492 e. The summed E-state index contributed by atoms with van der Waals surface area (Å²) in [5, 5.41) is 0. The molecule has 2 N–H and O–H groups in total. The molecule has 112 valence electrons. The van der Waals surface area contributed by atoms with Crippen molar-refractivity contribution >= 4 is 21.6 Å². The van der Waals surface area contributed by atoms with E-state index in [0.717, 1.165) is 9.04 Å². The minimum absolute atomic E-state index is 0.0545. The van der Waals surface area contributed by atoms with Gasteiger partial charge in [-0.15, -0.1) is 0 Å². The second kappa shape index (κ2) is 6.62. The zero-order valence-electron chi connectivity index (χ0n) is 11.6. The number of benzene rings is 1. The Kier molecular flexibility index (Phi) is 4.85. The third kappa shape index (κ3) is 3.55. The fourth-order valence-electron chi connectivity index (χ4n) is 1.91. The molecule has 0 saturated heterocycles. The van der Waals surface area contributed by atoms with E-state index in [2.05, 4.69) is 15.9 Å². The molecule has 0 aliphatic rings. The number of ether oxygens (including phenoxy) is 1. The van der Waals surface area contributed by atoms with Crippen LogP contribution >= 0.6 is 15.9 Å². The Hall–Kier alpha value is -2.02. The van der Waals surface area contributed by atoms with Gasteiger partial charge in [0.25, 0.3) is 5.56 Å². The molecule has 2 rings (SSSR count). The van der Waals surface area contributed by atoms with Crippen molar-refractivity contribution in [2.45, 2.75) is 20.0 Å². The van der Waals surface area contributed by atoms with Crippen molar-refractivity contribution in [3.8, 4) is 5.75 Å². The Bertz CT molecular complexity index is 752. The summed E-state index contributed by atoms with van der Waals surface area (Å²) < 4.78 is 8.93. The zero-order chi connectivity index (χ0) is 15.4. The molecule has 0 saturated carbocycles. The summed E-state index contributed by atoms with van der Waals surface area (Å²) in [5.74, 6) is 0.664. The van der Waals surface area contributed by atoms with Crippen molar-refractivity contribution < 1.29 is 4.74 Å². The van der Waals surface area contributed by atoms with Crippen LogP contribution < -0.4 is 21.7 Å². The second-order valence-corrected chi connectivity index (χ2v) is 5.33. The van der Waals surface area contributed by atoms with Crippen LogP contribution in [0.1, 0.15) is 6.92 Å². The molecule has 1 aromatic carbocycles. The fraction of sp³-hybridized carbons (Fsp3) is 0.286. The first-order valence-corrected chi connectivity index (χ1v) is 7.30. The normalized spacial score (nSPS) is 10.6. The number of nitrogens with two attached hydrogens (primary N) is 1. The van der Waals surface area contributed by atoms with E-state index in [4.69, 9.17) is 10.5 Å². The number of aromatic nitrogens is 2. The van der Waals surface area contributed by atoms with Gasteiger partial charge in [-0.05, 0) is 25.1 Å². The van der Waals surface area contributed by atoms with E-state index < -0.39 is 5.56 Å². The lowest BCUT2D eigenvalue weighted by Gasteiger charge is -2.11. The predicted molar refractivity (Wildman–Crippen MR) is 84.7 cm³/mol. The molecule has 0 aliphatic carbocycles. The topological polar surface area (TPSA) is 79.2 Å². The summed E-state index contributed by atoms with van der Waals surface area (Å²) in [5.41, 5.74) is 4.82. The average Bonchev–Trinajstić information content (AvgIpc) is 2.46. The molecule has 21 heavy (non-hydrogen) atoms. The van der Waals surface area contributed by atoms with Gasteiger partial charge < -0.3 is 10.5 Å². The molecular formula is C14H16BrN3O3. The van der Waals surface area contributed by atoms with Crippen LogP contribution in [-0.2, 0) is 13.1 Å². The molecule has 1 aromatic heterocycles. The largest absolute Gasteiger partial charge is 0.492 e. The van der Waals surface area contributed by atoms with Crippen LogP contribution in [-0.4, -0.2) is 15.7 Å². The molecule has 1 heterocycles. The summed E-state index contributed by atoms with van der Waals surface area (Å²) >= 11 is 3.35. The van der Waals surface area contributed by atoms with Crippen LogP contribution in [0.2, 0.25) is 0 Å². The van der Waals surface area contributed by atoms with Gasteiger partial charge in [0.15, 0.2) is 0 Å². The first-order valence-electron chi connectivity index (χ1n) is 6.51. The molecule has 0 unspecified atom stereocenters. The molecule has 0 spiro atoms. The highest BCUT2D eigenvalue weighted by Crippen LogP contribution is 2.17. The maximum Gasteiger partial charge on any atom is 0.331 e. The minimum atomic E-state index is -0.484.